The molecule has 0 heterocycles. The fourth-order valence-corrected chi connectivity index (χ4v) is 9.35. The molecule has 4 aliphatic rings. The van der Waals surface area contributed by atoms with Crippen LogP contribution in [0.4, 0.5) is 0 Å². The van der Waals surface area contributed by atoms with Crippen molar-refractivity contribution in [3.63, 3.8) is 0 Å². The molecule has 0 saturated heterocycles. The molecular formula is C30H52NO4+. The third kappa shape index (κ3) is 5.75. The largest absolute Gasteiger partial charge is 0.481 e. The second kappa shape index (κ2) is 10.3. The molecule has 0 aromatic rings. The molecule has 5 nitrogen and oxygen atoms in total. The Labute approximate surface area is 213 Å². The third-order valence-electron chi connectivity index (χ3n) is 11.3. The van der Waals surface area contributed by atoms with Crippen LogP contribution < -0.4 is 0 Å². The Morgan fingerprint density at radius 2 is 1.60 bits per heavy atom. The number of fused-ring (bicyclic) bond motifs is 5. The molecule has 0 aliphatic heterocycles. The van der Waals surface area contributed by atoms with E-state index >= 15 is 0 Å². The number of carbonyl (C=O) groups excluding carboxylic acids is 1. The lowest BCUT2D eigenvalue weighted by atomic mass is 9.44. The number of carboxylic acids is 1. The number of hydrogen-bond donors (Lipinski definition) is 1. The van der Waals surface area contributed by atoms with Crippen molar-refractivity contribution in [2.75, 3.05) is 27.7 Å². The first kappa shape index (κ1) is 26.9. The minimum atomic E-state index is -0.648. The van der Waals surface area contributed by atoms with Crippen LogP contribution in [0, 0.1) is 40.4 Å². The molecular weight excluding hydrogens is 438 g/mol. The van der Waals surface area contributed by atoms with Gasteiger partial charge in [0, 0.05) is 12.8 Å². The number of rotatable bonds is 9. The summed E-state index contributed by atoms with van der Waals surface area (Å²) in [7, 11) is 6.51. The highest BCUT2D eigenvalue weighted by atomic mass is 16.5. The van der Waals surface area contributed by atoms with Gasteiger partial charge in [-0.1, -0.05) is 13.8 Å². The van der Waals surface area contributed by atoms with Crippen LogP contribution in [0.1, 0.15) is 104 Å². The zero-order chi connectivity index (χ0) is 25.4. The lowest BCUT2D eigenvalue weighted by molar-refractivity contribution is -0.870. The Morgan fingerprint density at radius 1 is 0.886 bits per heavy atom. The average molecular weight is 491 g/mol. The van der Waals surface area contributed by atoms with Crippen LogP contribution in [0.5, 0.6) is 0 Å². The van der Waals surface area contributed by atoms with Crippen LogP contribution in [0.2, 0.25) is 0 Å². The predicted molar refractivity (Wildman–Crippen MR) is 139 cm³/mol. The lowest BCUT2D eigenvalue weighted by Gasteiger charge is -2.61. The first-order chi connectivity index (χ1) is 16.4. The topological polar surface area (TPSA) is 63.6 Å². The van der Waals surface area contributed by atoms with Crippen molar-refractivity contribution in [3.05, 3.63) is 0 Å². The van der Waals surface area contributed by atoms with Gasteiger partial charge >= 0.3 is 11.9 Å². The lowest BCUT2D eigenvalue weighted by Crippen LogP contribution is -2.54. The Balaban J connectivity index is 1.32. The number of nitrogens with zero attached hydrogens (tertiary/aromatic N) is 1. The molecule has 0 bridgehead atoms. The Kier molecular flexibility index (Phi) is 7.96. The molecule has 0 amide bonds. The van der Waals surface area contributed by atoms with E-state index in [9.17, 15) is 9.59 Å². The van der Waals surface area contributed by atoms with Crippen LogP contribution in [0.25, 0.3) is 0 Å². The molecule has 8 atom stereocenters. The molecule has 4 aliphatic carbocycles. The summed E-state index contributed by atoms with van der Waals surface area (Å²) in [5.41, 5.74) is 0.819. The van der Waals surface area contributed by atoms with Gasteiger partial charge in [0.2, 0.25) is 0 Å². The van der Waals surface area contributed by atoms with Crippen molar-refractivity contribution in [2.45, 2.75) is 110 Å². The highest BCUT2D eigenvalue weighted by molar-refractivity contribution is 5.69. The van der Waals surface area contributed by atoms with Crippen molar-refractivity contribution < 1.29 is 23.9 Å². The van der Waals surface area contributed by atoms with E-state index in [-0.39, 0.29) is 12.1 Å². The summed E-state index contributed by atoms with van der Waals surface area (Å²) >= 11 is 0. The molecule has 0 aromatic carbocycles. The smallest absolute Gasteiger partial charge is 0.306 e. The van der Waals surface area contributed by atoms with E-state index in [0.717, 1.165) is 60.9 Å². The van der Waals surface area contributed by atoms with E-state index in [4.69, 9.17) is 9.84 Å². The van der Waals surface area contributed by atoms with E-state index < -0.39 is 5.97 Å². The summed E-state index contributed by atoms with van der Waals surface area (Å²) in [6.07, 6.45) is 15.1. The minimum absolute atomic E-state index is 0.00840. The van der Waals surface area contributed by atoms with Crippen LogP contribution >= 0.6 is 0 Å². The zero-order valence-electron chi connectivity index (χ0n) is 23.2. The van der Waals surface area contributed by atoms with Gasteiger partial charge in [-0.3, -0.25) is 9.59 Å². The van der Waals surface area contributed by atoms with E-state index in [0.29, 0.717) is 35.5 Å². The molecule has 5 heteroatoms. The summed E-state index contributed by atoms with van der Waals surface area (Å²) < 4.78 is 6.89. The SMILES string of the molecule is C[C@]12CCC3[C@@H](CC[C@@H]4C[C@@H](OC(=O)CCC[N+](C)(C)C)CC[C@]34C)C1CCC2CCCC(=O)O. The summed E-state index contributed by atoms with van der Waals surface area (Å²) in [6.45, 7) is 6.13. The second-order valence-electron chi connectivity index (χ2n) is 14.3. The summed E-state index contributed by atoms with van der Waals surface area (Å²) in [4.78, 5) is 23.5. The third-order valence-corrected chi connectivity index (χ3v) is 11.3. The minimum Gasteiger partial charge on any atom is -0.481 e. The Morgan fingerprint density at radius 3 is 2.31 bits per heavy atom. The number of quaternary nitrogens is 1. The summed E-state index contributed by atoms with van der Waals surface area (Å²) in [5.74, 6) is 3.25. The van der Waals surface area contributed by atoms with Crippen LogP contribution in [0.15, 0.2) is 0 Å². The molecule has 4 fully saturated rings. The maximum absolute atomic E-state index is 12.5. The van der Waals surface area contributed by atoms with Gasteiger partial charge in [0.15, 0.2) is 0 Å². The predicted octanol–water partition coefficient (Wildman–Crippen LogP) is 6.30. The highest BCUT2D eigenvalue weighted by Crippen LogP contribution is 2.68. The molecule has 4 rings (SSSR count). The van der Waals surface area contributed by atoms with Gasteiger partial charge < -0.3 is 14.3 Å². The molecule has 1 N–H and O–H groups in total. The molecule has 200 valence electrons. The second-order valence-corrected chi connectivity index (χ2v) is 14.3. The van der Waals surface area contributed by atoms with E-state index in [1.807, 2.05) is 0 Å². The van der Waals surface area contributed by atoms with Crippen LogP contribution in [-0.4, -0.2) is 55.3 Å². The van der Waals surface area contributed by atoms with Gasteiger partial charge in [0.25, 0.3) is 0 Å². The number of hydrogen-bond acceptors (Lipinski definition) is 3. The zero-order valence-corrected chi connectivity index (χ0v) is 23.2. The molecule has 0 aromatic heterocycles. The van der Waals surface area contributed by atoms with E-state index in [2.05, 4.69) is 35.0 Å². The number of carboxylic acid groups (broad SMARTS) is 1. The van der Waals surface area contributed by atoms with Gasteiger partial charge in [0.1, 0.15) is 6.10 Å². The van der Waals surface area contributed by atoms with Crippen LogP contribution in [0.3, 0.4) is 0 Å². The van der Waals surface area contributed by atoms with Gasteiger partial charge in [-0.2, -0.15) is 0 Å². The van der Waals surface area contributed by atoms with Crippen LogP contribution in [-0.2, 0) is 14.3 Å². The number of esters is 1. The monoisotopic (exact) mass is 490 g/mol. The fourth-order valence-electron chi connectivity index (χ4n) is 9.35. The first-order valence-electron chi connectivity index (χ1n) is 14.6. The summed E-state index contributed by atoms with van der Waals surface area (Å²) in [5, 5.41) is 9.08. The molecule has 0 spiro atoms. The van der Waals surface area contributed by atoms with Crippen molar-refractivity contribution >= 4 is 11.9 Å². The number of carbonyl (C=O) groups is 2. The maximum Gasteiger partial charge on any atom is 0.306 e. The van der Waals surface area contributed by atoms with Crippen molar-refractivity contribution in [3.8, 4) is 0 Å². The van der Waals surface area contributed by atoms with Gasteiger partial charge in [-0.05, 0) is 111 Å². The molecule has 35 heavy (non-hydrogen) atoms. The Hall–Kier alpha value is -1.10. The van der Waals surface area contributed by atoms with Crippen molar-refractivity contribution in [2.24, 2.45) is 40.4 Å². The van der Waals surface area contributed by atoms with E-state index in [1.54, 1.807) is 0 Å². The van der Waals surface area contributed by atoms with E-state index in [1.165, 1.54) is 44.9 Å². The summed E-state index contributed by atoms with van der Waals surface area (Å²) in [6, 6.07) is 0. The Bertz CT molecular complexity index is 775. The van der Waals surface area contributed by atoms with Gasteiger partial charge in [-0.15, -0.1) is 0 Å². The van der Waals surface area contributed by atoms with Crippen molar-refractivity contribution in [1.82, 2.24) is 0 Å². The maximum atomic E-state index is 12.5. The van der Waals surface area contributed by atoms with Gasteiger partial charge in [0.05, 0.1) is 34.1 Å². The highest BCUT2D eigenvalue weighted by Gasteiger charge is 2.60. The molecule has 0 radical (unpaired) electrons. The number of aliphatic carboxylic acids is 1. The standard InChI is InChI=1S/C30H51NO4/c1-29-18-16-26-24(25(29)14-12-21(29)8-6-9-27(32)33)13-11-22-20-23(15-17-30(22,26)2)35-28(34)10-7-19-31(3,4)5/h21-26H,6-20H2,1-5H3/p+1/t21?,22-,23+,24+,25?,26?,29-,30+/m1/s1. The molecule has 4 saturated carbocycles. The fraction of sp³-hybridized carbons (Fsp3) is 0.933. The van der Waals surface area contributed by atoms with Gasteiger partial charge in [-0.25, -0.2) is 0 Å². The quantitative estimate of drug-likeness (QED) is 0.304. The van der Waals surface area contributed by atoms with Crippen molar-refractivity contribution in [1.29, 1.82) is 0 Å². The normalized spacial score (nSPS) is 40.9. The average Bonchev–Trinajstić information content (AvgIpc) is 3.09. The molecule has 3 unspecified atom stereocenters. The number of ether oxygens (including phenoxy) is 1. The first-order valence-corrected chi connectivity index (χ1v) is 14.6.